The quantitative estimate of drug-likeness (QED) is 0.441. The van der Waals surface area contributed by atoms with Crippen LogP contribution in [0, 0.1) is 0 Å². The molecule has 0 fully saturated rings. The predicted molar refractivity (Wildman–Crippen MR) is 111 cm³/mol. The summed E-state index contributed by atoms with van der Waals surface area (Å²) in [5, 5.41) is 6.50. The summed E-state index contributed by atoms with van der Waals surface area (Å²) in [5.74, 6) is 0.243. The van der Waals surface area contributed by atoms with Crippen LogP contribution in [0.4, 0.5) is 5.69 Å². The fraction of sp³-hybridized carbons (Fsp3) is 0.0476. The van der Waals surface area contributed by atoms with Gasteiger partial charge >= 0.3 is 0 Å². The third-order valence-electron chi connectivity index (χ3n) is 3.75. The van der Waals surface area contributed by atoms with Gasteiger partial charge in [0, 0.05) is 5.69 Å². The van der Waals surface area contributed by atoms with Crippen molar-refractivity contribution in [2.75, 3.05) is 11.9 Å². The summed E-state index contributed by atoms with van der Waals surface area (Å²) in [6, 6.07) is 23.8. The molecule has 0 heterocycles. The molecule has 0 saturated heterocycles. The van der Waals surface area contributed by atoms with Crippen molar-refractivity contribution < 1.29 is 17.9 Å². The number of nitrogens with zero attached hydrogens (tertiary/aromatic N) is 1. The highest BCUT2D eigenvalue weighted by Gasteiger charge is 2.11. The lowest BCUT2D eigenvalue weighted by molar-refractivity contribution is -0.118. The van der Waals surface area contributed by atoms with E-state index in [9.17, 15) is 13.2 Å². The van der Waals surface area contributed by atoms with E-state index in [-0.39, 0.29) is 17.4 Å². The molecular weight excluding hydrogens is 390 g/mol. The summed E-state index contributed by atoms with van der Waals surface area (Å²) in [6.07, 6.45) is 1.38. The number of para-hydroxylation sites is 1. The maximum atomic E-state index is 12.1. The zero-order chi connectivity index (χ0) is 20.5. The molecule has 0 aliphatic heterocycles. The normalized spacial score (nSPS) is 11.2. The third-order valence-corrected chi connectivity index (χ3v) is 4.99. The van der Waals surface area contributed by atoms with E-state index < -0.39 is 10.0 Å². The summed E-state index contributed by atoms with van der Waals surface area (Å²) in [5.41, 5.74) is 1.37. The minimum absolute atomic E-state index is 0.126. The molecule has 3 rings (SSSR count). The standard InChI is InChI=1S/C21H19N3O4S/c25-21(23-18-7-3-1-4-8-18)16-28-19-13-11-17(12-14-19)15-22-24-29(26,27)20-9-5-2-6-10-20/h1-15,24H,16H2,(H,23,25)/b22-15-. The van der Waals surface area contributed by atoms with Gasteiger partial charge in [0.25, 0.3) is 15.9 Å². The van der Waals surface area contributed by atoms with Crippen molar-refractivity contribution in [2.45, 2.75) is 4.90 Å². The first-order valence-corrected chi connectivity index (χ1v) is 10.2. The molecular formula is C21H19N3O4S. The third kappa shape index (κ3) is 6.18. The summed E-state index contributed by atoms with van der Waals surface area (Å²) < 4.78 is 29.6. The van der Waals surface area contributed by atoms with Crippen molar-refractivity contribution in [1.29, 1.82) is 0 Å². The van der Waals surface area contributed by atoms with Crippen LogP contribution in [0.5, 0.6) is 5.75 Å². The number of sulfonamides is 1. The SMILES string of the molecule is O=C(COc1ccc(/C=N\NS(=O)(=O)c2ccccc2)cc1)Nc1ccccc1. The van der Waals surface area contributed by atoms with Gasteiger partial charge in [0.1, 0.15) is 5.75 Å². The minimum atomic E-state index is -3.70. The monoisotopic (exact) mass is 409 g/mol. The second-order valence-corrected chi connectivity index (χ2v) is 7.60. The van der Waals surface area contributed by atoms with Gasteiger partial charge in [0.15, 0.2) is 6.61 Å². The van der Waals surface area contributed by atoms with Gasteiger partial charge in [-0.15, -0.1) is 0 Å². The highest BCUT2D eigenvalue weighted by Crippen LogP contribution is 2.12. The van der Waals surface area contributed by atoms with Crippen LogP contribution in [0.15, 0.2) is 94.9 Å². The molecule has 8 heteroatoms. The number of rotatable bonds is 8. The molecule has 0 spiro atoms. The van der Waals surface area contributed by atoms with Crippen LogP contribution < -0.4 is 14.9 Å². The molecule has 0 atom stereocenters. The average molecular weight is 409 g/mol. The summed E-state index contributed by atoms with van der Waals surface area (Å²) in [4.78, 5) is 14.2. The van der Waals surface area contributed by atoms with Crippen molar-refractivity contribution in [2.24, 2.45) is 5.10 Å². The molecule has 0 bridgehead atoms. The number of hydrazone groups is 1. The highest BCUT2D eigenvalue weighted by molar-refractivity contribution is 7.89. The Kier molecular flexibility index (Phi) is 6.59. The molecule has 2 N–H and O–H groups in total. The Hall–Kier alpha value is -3.65. The van der Waals surface area contributed by atoms with Gasteiger partial charge < -0.3 is 10.1 Å². The lowest BCUT2D eigenvalue weighted by Gasteiger charge is -2.07. The molecule has 0 aromatic heterocycles. The van der Waals surface area contributed by atoms with Gasteiger partial charge in [-0.1, -0.05) is 36.4 Å². The molecule has 3 aromatic carbocycles. The lowest BCUT2D eigenvalue weighted by Crippen LogP contribution is -2.20. The van der Waals surface area contributed by atoms with Crippen LogP contribution in [0.2, 0.25) is 0 Å². The van der Waals surface area contributed by atoms with Crippen molar-refractivity contribution in [3.63, 3.8) is 0 Å². The van der Waals surface area contributed by atoms with Crippen molar-refractivity contribution in [3.8, 4) is 5.75 Å². The molecule has 7 nitrogen and oxygen atoms in total. The zero-order valence-corrected chi connectivity index (χ0v) is 16.2. The first kappa shape index (κ1) is 20.1. The number of benzene rings is 3. The van der Waals surface area contributed by atoms with Crippen molar-refractivity contribution in [3.05, 3.63) is 90.5 Å². The number of hydrogen-bond acceptors (Lipinski definition) is 5. The van der Waals surface area contributed by atoms with Crippen molar-refractivity contribution in [1.82, 2.24) is 4.83 Å². The Morgan fingerprint density at radius 2 is 1.52 bits per heavy atom. The maximum Gasteiger partial charge on any atom is 0.276 e. The van der Waals surface area contributed by atoms with Gasteiger partial charge in [-0.05, 0) is 54.1 Å². The molecule has 0 saturated carbocycles. The molecule has 148 valence electrons. The molecule has 29 heavy (non-hydrogen) atoms. The van der Waals surface area contributed by atoms with Gasteiger partial charge in [0.2, 0.25) is 0 Å². The number of nitrogens with one attached hydrogen (secondary N) is 2. The van der Waals surface area contributed by atoms with Crippen molar-refractivity contribution >= 4 is 27.8 Å². The Labute approximate surface area is 169 Å². The Morgan fingerprint density at radius 3 is 2.17 bits per heavy atom. The van der Waals surface area contributed by atoms with Crippen LogP contribution >= 0.6 is 0 Å². The Bertz CT molecular complexity index is 1070. The van der Waals surface area contributed by atoms with E-state index >= 15 is 0 Å². The largest absolute Gasteiger partial charge is 0.484 e. The summed E-state index contributed by atoms with van der Waals surface area (Å²) >= 11 is 0. The lowest BCUT2D eigenvalue weighted by atomic mass is 10.2. The topological polar surface area (TPSA) is 96.9 Å². The molecule has 0 aliphatic carbocycles. The minimum Gasteiger partial charge on any atom is -0.484 e. The molecule has 0 aliphatic rings. The highest BCUT2D eigenvalue weighted by atomic mass is 32.2. The average Bonchev–Trinajstić information content (AvgIpc) is 2.74. The van der Waals surface area contributed by atoms with E-state index in [0.717, 1.165) is 0 Å². The smallest absolute Gasteiger partial charge is 0.276 e. The Morgan fingerprint density at radius 1 is 0.897 bits per heavy atom. The van der Waals surface area contributed by atoms with E-state index in [1.165, 1.54) is 18.3 Å². The number of carbonyl (C=O) groups is 1. The van der Waals surface area contributed by atoms with E-state index in [4.69, 9.17) is 4.74 Å². The Balaban J connectivity index is 1.50. The number of anilines is 1. The number of hydrogen-bond donors (Lipinski definition) is 2. The molecule has 3 aromatic rings. The summed E-state index contributed by atoms with van der Waals surface area (Å²) in [6.45, 7) is -0.126. The van der Waals surface area contributed by atoms with Gasteiger partial charge in [-0.25, -0.2) is 4.83 Å². The van der Waals surface area contributed by atoms with Crippen LogP contribution in [-0.2, 0) is 14.8 Å². The van der Waals surface area contributed by atoms with Crippen LogP contribution in [-0.4, -0.2) is 27.1 Å². The fourth-order valence-corrected chi connectivity index (χ4v) is 3.15. The van der Waals surface area contributed by atoms with E-state index in [1.54, 1.807) is 54.6 Å². The zero-order valence-electron chi connectivity index (χ0n) is 15.4. The van der Waals surface area contributed by atoms with Gasteiger partial charge in [-0.3, -0.25) is 4.79 Å². The van der Waals surface area contributed by atoms with Gasteiger partial charge in [0.05, 0.1) is 11.1 Å². The fourth-order valence-electron chi connectivity index (χ4n) is 2.34. The number of ether oxygens (including phenoxy) is 1. The molecule has 1 amide bonds. The van der Waals surface area contributed by atoms with Gasteiger partial charge in [-0.2, -0.15) is 13.5 Å². The first-order valence-electron chi connectivity index (χ1n) is 8.71. The van der Waals surface area contributed by atoms with E-state index in [0.29, 0.717) is 17.0 Å². The van der Waals surface area contributed by atoms with Crippen LogP contribution in [0.25, 0.3) is 0 Å². The maximum absolute atomic E-state index is 12.1. The number of amides is 1. The van der Waals surface area contributed by atoms with E-state index in [2.05, 4.69) is 15.2 Å². The summed E-state index contributed by atoms with van der Waals surface area (Å²) in [7, 11) is -3.70. The predicted octanol–water partition coefficient (Wildman–Crippen LogP) is 3.02. The first-order chi connectivity index (χ1) is 14.0. The second-order valence-electron chi connectivity index (χ2n) is 5.94. The van der Waals surface area contributed by atoms with Crippen LogP contribution in [0.3, 0.4) is 0 Å². The van der Waals surface area contributed by atoms with E-state index in [1.807, 2.05) is 18.2 Å². The number of carbonyl (C=O) groups excluding carboxylic acids is 1. The molecule has 0 radical (unpaired) electrons. The molecule has 0 unspecified atom stereocenters. The van der Waals surface area contributed by atoms with Crippen LogP contribution in [0.1, 0.15) is 5.56 Å². The second kappa shape index (κ2) is 9.52.